The third kappa shape index (κ3) is 2.47. The lowest BCUT2D eigenvalue weighted by Gasteiger charge is -2.18. The molecule has 0 saturated carbocycles. The molecule has 1 saturated heterocycles. The van der Waals surface area contributed by atoms with Gasteiger partial charge in [0.2, 0.25) is 5.91 Å². The number of methoxy groups -OCH3 is 2. The maximum absolute atomic E-state index is 11.8. The summed E-state index contributed by atoms with van der Waals surface area (Å²) in [4.78, 5) is 24.0. The van der Waals surface area contributed by atoms with Gasteiger partial charge in [0, 0.05) is 36.6 Å². The van der Waals surface area contributed by atoms with Crippen molar-refractivity contribution < 1.29 is 24.2 Å². The molecule has 1 aromatic rings. The number of hydrogen-bond acceptors (Lipinski definition) is 5. The highest BCUT2D eigenvalue weighted by atomic mass is 16.5. The van der Waals surface area contributed by atoms with Crippen molar-refractivity contribution in [1.29, 1.82) is 0 Å². The SMILES string of the molecule is COc1ccc(N2C[C@@H](C(=O)[O-])CC2=O)cc1OC. The standard InChI is InChI=1S/C13H15NO5/c1-18-10-4-3-9(6-11(10)19-2)14-7-8(13(16)17)5-12(14)15/h3-4,6,8H,5,7H2,1-2H3,(H,16,17)/p-1/t8-/m0/s1. The van der Waals surface area contributed by atoms with Gasteiger partial charge in [0.1, 0.15) is 0 Å². The quantitative estimate of drug-likeness (QED) is 0.753. The van der Waals surface area contributed by atoms with Crippen LogP contribution in [0.4, 0.5) is 5.69 Å². The van der Waals surface area contributed by atoms with E-state index < -0.39 is 11.9 Å². The molecule has 0 radical (unpaired) electrons. The summed E-state index contributed by atoms with van der Waals surface area (Å²) in [6.07, 6.45) is -0.0311. The predicted molar refractivity (Wildman–Crippen MR) is 65.0 cm³/mol. The maximum Gasteiger partial charge on any atom is 0.227 e. The van der Waals surface area contributed by atoms with E-state index in [2.05, 4.69) is 0 Å². The summed E-state index contributed by atoms with van der Waals surface area (Å²) >= 11 is 0. The lowest BCUT2D eigenvalue weighted by atomic mass is 10.1. The number of anilines is 1. The summed E-state index contributed by atoms with van der Waals surface area (Å²) in [5.41, 5.74) is 0.589. The van der Waals surface area contributed by atoms with Crippen LogP contribution in [-0.2, 0) is 9.59 Å². The van der Waals surface area contributed by atoms with Crippen molar-refractivity contribution in [2.75, 3.05) is 25.7 Å². The van der Waals surface area contributed by atoms with Crippen molar-refractivity contribution in [3.63, 3.8) is 0 Å². The molecule has 19 heavy (non-hydrogen) atoms. The molecule has 0 N–H and O–H groups in total. The Balaban J connectivity index is 2.27. The van der Waals surface area contributed by atoms with Crippen molar-refractivity contribution >= 4 is 17.6 Å². The minimum Gasteiger partial charge on any atom is -0.550 e. The molecule has 0 spiro atoms. The van der Waals surface area contributed by atoms with Crippen LogP contribution in [0.3, 0.4) is 0 Å². The first kappa shape index (κ1) is 13.2. The van der Waals surface area contributed by atoms with Gasteiger partial charge >= 0.3 is 0 Å². The fourth-order valence-corrected chi connectivity index (χ4v) is 2.11. The van der Waals surface area contributed by atoms with Gasteiger partial charge in [0.05, 0.1) is 14.2 Å². The molecular weight excluding hydrogens is 250 g/mol. The van der Waals surface area contributed by atoms with Crippen LogP contribution in [0.5, 0.6) is 11.5 Å². The maximum atomic E-state index is 11.8. The van der Waals surface area contributed by atoms with Crippen molar-refractivity contribution in [3.05, 3.63) is 18.2 Å². The van der Waals surface area contributed by atoms with E-state index in [9.17, 15) is 14.7 Å². The van der Waals surface area contributed by atoms with Crippen LogP contribution in [0, 0.1) is 5.92 Å². The first-order chi connectivity index (χ1) is 9.06. The molecule has 0 bridgehead atoms. The van der Waals surface area contributed by atoms with Crippen molar-refractivity contribution in [2.24, 2.45) is 5.92 Å². The summed E-state index contributed by atoms with van der Waals surface area (Å²) in [6.45, 7) is 0.122. The zero-order valence-corrected chi connectivity index (χ0v) is 10.7. The van der Waals surface area contributed by atoms with E-state index in [1.807, 2.05) is 0 Å². The second-order valence-corrected chi connectivity index (χ2v) is 4.26. The Labute approximate surface area is 110 Å². The number of benzene rings is 1. The Morgan fingerprint density at radius 3 is 2.53 bits per heavy atom. The first-order valence-corrected chi connectivity index (χ1v) is 5.80. The van der Waals surface area contributed by atoms with E-state index in [0.29, 0.717) is 17.2 Å². The van der Waals surface area contributed by atoms with Crippen LogP contribution in [0.15, 0.2) is 18.2 Å². The van der Waals surface area contributed by atoms with Crippen molar-refractivity contribution in [2.45, 2.75) is 6.42 Å². The number of aliphatic carboxylic acids is 1. The average molecular weight is 264 g/mol. The molecule has 0 aromatic heterocycles. The molecule has 1 atom stereocenters. The lowest BCUT2D eigenvalue weighted by Crippen LogP contribution is -2.33. The number of hydrogen-bond donors (Lipinski definition) is 0. The Kier molecular flexibility index (Phi) is 3.59. The number of carboxylic acids is 1. The van der Waals surface area contributed by atoms with Crippen molar-refractivity contribution in [1.82, 2.24) is 0 Å². The zero-order valence-electron chi connectivity index (χ0n) is 10.7. The Morgan fingerprint density at radius 2 is 2.00 bits per heavy atom. The summed E-state index contributed by atoms with van der Waals surface area (Å²) in [7, 11) is 3.02. The van der Waals surface area contributed by atoms with Gasteiger partial charge in [-0.25, -0.2) is 0 Å². The number of ether oxygens (including phenoxy) is 2. The third-order valence-corrected chi connectivity index (χ3v) is 3.14. The van der Waals surface area contributed by atoms with Crippen LogP contribution in [0.2, 0.25) is 0 Å². The third-order valence-electron chi connectivity index (χ3n) is 3.14. The van der Waals surface area contributed by atoms with Crippen LogP contribution in [0.1, 0.15) is 6.42 Å². The number of rotatable bonds is 4. The van der Waals surface area contributed by atoms with Crippen molar-refractivity contribution in [3.8, 4) is 11.5 Å². The van der Waals surface area contributed by atoms with Gasteiger partial charge in [-0.2, -0.15) is 0 Å². The number of carbonyl (C=O) groups excluding carboxylic acids is 2. The summed E-state index contributed by atoms with van der Waals surface area (Å²) in [5, 5.41) is 10.8. The number of carbonyl (C=O) groups is 2. The van der Waals surface area contributed by atoms with E-state index >= 15 is 0 Å². The molecule has 6 nitrogen and oxygen atoms in total. The fraction of sp³-hybridized carbons (Fsp3) is 0.385. The van der Waals surface area contributed by atoms with Crippen LogP contribution < -0.4 is 19.5 Å². The number of nitrogens with zero attached hydrogens (tertiary/aromatic N) is 1. The molecule has 0 aliphatic carbocycles. The molecule has 1 amide bonds. The lowest BCUT2D eigenvalue weighted by molar-refractivity contribution is -0.310. The molecular formula is C13H14NO5-. The largest absolute Gasteiger partial charge is 0.550 e. The summed E-state index contributed by atoms with van der Waals surface area (Å²) < 4.78 is 10.3. The van der Waals surface area contributed by atoms with E-state index in [0.717, 1.165) is 0 Å². The van der Waals surface area contributed by atoms with Crippen LogP contribution in [-0.4, -0.2) is 32.6 Å². The second kappa shape index (κ2) is 5.17. The highest BCUT2D eigenvalue weighted by Gasteiger charge is 2.31. The molecule has 102 valence electrons. The molecule has 1 aliphatic heterocycles. The molecule has 1 aromatic carbocycles. The Morgan fingerprint density at radius 1 is 1.32 bits per heavy atom. The van der Waals surface area contributed by atoms with E-state index in [1.165, 1.54) is 19.1 Å². The molecule has 6 heteroatoms. The van der Waals surface area contributed by atoms with Gasteiger partial charge in [-0.1, -0.05) is 0 Å². The van der Waals surface area contributed by atoms with E-state index in [-0.39, 0.29) is 18.9 Å². The Hall–Kier alpha value is -2.24. The molecule has 1 heterocycles. The van der Waals surface area contributed by atoms with Gasteiger partial charge < -0.3 is 24.3 Å². The van der Waals surface area contributed by atoms with Gasteiger partial charge in [-0.15, -0.1) is 0 Å². The first-order valence-electron chi connectivity index (χ1n) is 5.80. The normalized spacial score (nSPS) is 18.5. The summed E-state index contributed by atoms with van der Waals surface area (Å²) in [6, 6.07) is 5.01. The summed E-state index contributed by atoms with van der Waals surface area (Å²) in [5.74, 6) is -1.16. The average Bonchev–Trinajstić information content (AvgIpc) is 2.80. The second-order valence-electron chi connectivity index (χ2n) is 4.26. The van der Waals surface area contributed by atoms with Crippen LogP contribution >= 0.6 is 0 Å². The molecule has 0 unspecified atom stereocenters. The van der Waals surface area contributed by atoms with Gasteiger partial charge in [-0.05, 0) is 12.1 Å². The number of amides is 1. The Bertz CT molecular complexity index is 514. The highest BCUT2D eigenvalue weighted by molar-refractivity contribution is 5.99. The number of carboxylic acid groups (broad SMARTS) is 1. The fourth-order valence-electron chi connectivity index (χ4n) is 2.11. The van der Waals surface area contributed by atoms with E-state index in [1.54, 1.807) is 18.2 Å². The highest BCUT2D eigenvalue weighted by Crippen LogP contribution is 2.33. The monoisotopic (exact) mass is 264 g/mol. The van der Waals surface area contributed by atoms with Crippen LogP contribution in [0.25, 0.3) is 0 Å². The molecule has 2 rings (SSSR count). The molecule has 1 aliphatic rings. The van der Waals surface area contributed by atoms with E-state index in [4.69, 9.17) is 9.47 Å². The molecule has 1 fully saturated rings. The minimum atomic E-state index is -1.20. The zero-order chi connectivity index (χ0) is 14.0. The minimum absolute atomic E-state index is 0.0311. The topological polar surface area (TPSA) is 78.9 Å². The van der Waals surface area contributed by atoms with Gasteiger partial charge in [0.15, 0.2) is 11.5 Å². The van der Waals surface area contributed by atoms with Gasteiger partial charge in [-0.3, -0.25) is 4.79 Å². The smallest absolute Gasteiger partial charge is 0.227 e. The predicted octanol–water partition coefficient (Wildman–Crippen LogP) is -0.193. The van der Waals surface area contributed by atoms with Gasteiger partial charge in [0.25, 0.3) is 0 Å².